The van der Waals surface area contributed by atoms with E-state index in [4.69, 9.17) is 0 Å². The van der Waals surface area contributed by atoms with Crippen molar-refractivity contribution in [1.82, 2.24) is 5.43 Å². The van der Waals surface area contributed by atoms with Gasteiger partial charge in [-0.15, -0.1) is 11.3 Å². The Morgan fingerprint density at radius 1 is 1.14 bits per heavy atom. The number of hydrazone groups is 1. The average molecular weight is 308 g/mol. The van der Waals surface area contributed by atoms with Crippen molar-refractivity contribution in [2.24, 2.45) is 5.10 Å². The predicted molar refractivity (Wildman–Crippen MR) is 92.0 cm³/mol. The number of aryl methyl sites for hydroxylation is 1. The van der Waals surface area contributed by atoms with Gasteiger partial charge in [-0.2, -0.15) is 5.10 Å². The first-order chi connectivity index (χ1) is 10.2. The van der Waals surface area contributed by atoms with Crippen molar-refractivity contribution in [1.29, 1.82) is 0 Å². The van der Waals surface area contributed by atoms with Gasteiger partial charge in [0.15, 0.2) is 0 Å². The minimum atomic E-state index is 0.0190. The Balaban J connectivity index is 1.98. The fraction of sp³-hybridized carbons (Fsp3) is 0.647. The fourth-order valence-corrected chi connectivity index (χ4v) is 2.92. The normalized spacial score (nSPS) is 11.1. The third-order valence-corrected chi connectivity index (χ3v) is 4.33. The van der Waals surface area contributed by atoms with Gasteiger partial charge in [-0.05, 0) is 25.5 Å². The number of hydrogen-bond acceptors (Lipinski definition) is 3. The lowest BCUT2D eigenvalue weighted by atomic mass is 10.1. The number of carbonyl (C=O) groups excluding carboxylic acids is 1. The molecule has 21 heavy (non-hydrogen) atoms. The maximum absolute atomic E-state index is 11.6. The largest absolute Gasteiger partial charge is 0.273 e. The molecular weight excluding hydrogens is 280 g/mol. The van der Waals surface area contributed by atoms with Crippen LogP contribution in [0.5, 0.6) is 0 Å². The van der Waals surface area contributed by atoms with Gasteiger partial charge in [0.1, 0.15) is 0 Å². The number of nitrogens with one attached hydrogen (secondary N) is 1. The summed E-state index contributed by atoms with van der Waals surface area (Å²) in [6, 6.07) is 4.06. The molecule has 0 radical (unpaired) electrons. The summed E-state index contributed by atoms with van der Waals surface area (Å²) < 4.78 is 0. The lowest BCUT2D eigenvalue weighted by molar-refractivity contribution is -0.121. The molecule has 0 spiro atoms. The van der Waals surface area contributed by atoms with Crippen LogP contribution < -0.4 is 5.43 Å². The first-order valence-electron chi connectivity index (χ1n) is 8.10. The van der Waals surface area contributed by atoms with Gasteiger partial charge >= 0.3 is 0 Å². The van der Waals surface area contributed by atoms with E-state index in [1.165, 1.54) is 43.4 Å². The second kappa shape index (κ2) is 11.5. The zero-order chi connectivity index (χ0) is 15.3. The van der Waals surface area contributed by atoms with Crippen LogP contribution in [0.25, 0.3) is 0 Å². The lowest BCUT2D eigenvalue weighted by Gasteiger charge is -2.01. The SMILES string of the molecule is CCCCCCCCCCC(=O)N/N=C/c1ccc(C)s1. The number of hydrogen-bond donors (Lipinski definition) is 1. The summed E-state index contributed by atoms with van der Waals surface area (Å²) in [5.74, 6) is 0.0190. The number of carbonyl (C=O) groups is 1. The minimum Gasteiger partial charge on any atom is -0.273 e. The molecule has 0 saturated heterocycles. The molecule has 0 aromatic carbocycles. The highest BCUT2D eigenvalue weighted by atomic mass is 32.1. The Kier molecular flexibility index (Phi) is 9.79. The van der Waals surface area contributed by atoms with Gasteiger partial charge in [0.05, 0.1) is 6.21 Å². The quantitative estimate of drug-likeness (QED) is 0.347. The molecule has 0 aliphatic heterocycles. The van der Waals surface area contributed by atoms with Crippen LogP contribution in [-0.4, -0.2) is 12.1 Å². The third kappa shape index (κ3) is 9.40. The van der Waals surface area contributed by atoms with Gasteiger partial charge in [-0.3, -0.25) is 4.79 Å². The van der Waals surface area contributed by atoms with Gasteiger partial charge in [0, 0.05) is 16.2 Å². The maximum Gasteiger partial charge on any atom is 0.240 e. The zero-order valence-electron chi connectivity index (χ0n) is 13.4. The van der Waals surface area contributed by atoms with Crippen LogP contribution in [0, 0.1) is 6.92 Å². The molecule has 0 atom stereocenters. The molecule has 3 nitrogen and oxygen atoms in total. The van der Waals surface area contributed by atoms with Gasteiger partial charge in [-0.25, -0.2) is 5.43 Å². The molecular formula is C17H28N2OS. The Morgan fingerprint density at radius 2 is 1.81 bits per heavy atom. The Bertz CT molecular complexity index is 426. The van der Waals surface area contributed by atoms with E-state index in [0.717, 1.165) is 17.7 Å². The topological polar surface area (TPSA) is 41.5 Å². The molecule has 0 unspecified atom stereocenters. The van der Waals surface area contributed by atoms with E-state index >= 15 is 0 Å². The van der Waals surface area contributed by atoms with Gasteiger partial charge in [0.2, 0.25) is 5.91 Å². The third-order valence-electron chi connectivity index (χ3n) is 3.40. The monoisotopic (exact) mass is 308 g/mol. The highest BCUT2D eigenvalue weighted by Gasteiger charge is 1.99. The van der Waals surface area contributed by atoms with Crippen LogP contribution in [0.4, 0.5) is 0 Å². The molecule has 0 fully saturated rings. The van der Waals surface area contributed by atoms with Crippen molar-refractivity contribution < 1.29 is 4.79 Å². The van der Waals surface area contributed by atoms with E-state index in [1.54, 1.807) is 17.6 Å². The molecule has 4 heteroatoms. The molecule has 1 N–H and O–H groups in total. The Morgan fingerprint density at radius 3 is 2.43 bits per heavy atom. The van der Waals surface area contributed by atoms with E-state index in [-0.39, 0.29) is 5.91 Å². The van der Waals surface area contributed by atoms with Crippen molar-refractivity contribution >= 4 is 23.5 Å². The van der Waals surface area contributed by atoms with Crippen molar-refractivity contribution in [3.05, 3.63) is 21.9 Å². The summed E-state index contributed by atoms with van der Waals surface area (Å²) >= 11 is 1.67. The summed E-state index contributed by atoms with van der Waals surface area (Å²) in [6.07, 6.45) is 12.3. The van der Waals surface area contributed by atoms with E-state index in [2.05, 4.69) is 24.4 Å². The average Bonchev–Trinajstić information content (AvgIpc) is 2.87. The molecule has 0 bridgehead atoms. The zero-order valence-corrected chi connectivity index (χ0v) is 14.2. The number of rotatable bonds is 11. The summed E-state index contributed by atoms with van der Waals surface area (Å²) in [5, 5.41) is 3.99. The molecule has 0 aliphatic carbocycles. The maximum atomic E-state index is 11.6. The second-order valence-corrected chi connectivity index (χ2v) is 6.79. The molecule has 1 rings (SSSR count). The summed E-state index contributed by atoms with van der Waals surface area (Å²) in [7, 11) is 0. The highest BCUT2D eigenvalue weighted by Crippen LogP contribution is 2.12. The standard InChI is InChI=1S/C17H28N2OS/c1-3-4-5-6-7-8-9-10-11-17(20)19-18-14-16-13-12-15(2)21-16/h12-14H,3-11H2,1-2H3,(H,19,20)/b18-14+. The van der Waals surface area contributed by atoms with Crippen LogP contribution in [0.1, 0.15) is 74.5 Å². The molecule has 118 valence electrons. The molecule has 1 amide bonds. The molecule has 1 aromatic heterocycles. The Labute approximate surface area is 132 Å². The van der Waals surface area contributed by atoms with E-state index in [0.29, 0.717) is 6.42 Å². The van der Waals surface area contributed by atoms with Crippen molar-refractivity contribution in [2.75, 3.05) is 0 Å². The smallest absolute Gasteiger partial charge is 0.240 e. The van der Waals surface area contributed by atoms with Crippen LogP contribution >= 0.6 is 11.3 Å². The Hall–Kier alpha value is -1.16. The van der Waals surface area contributed by atoms with Crippen LogP contribution in [0.2, 0.25) is 0 Å². The van der Waals surface area contributed by atoms with E-state index < -0.39 is 0 Å². The van der Waals surface area contributed by atoms with Gasteiger partial charge in [0.25, 0.3) is 0 Å². The van der Waals surface area contributed by atoms with Crippen LogP contribution in [0.3, 0.4) is 0 Å². The highest BCUT2D eigenvalue weighted by molar-refractivity contribution is 7.13. The second-order valence-electron chi connectivity index (χ2n) is 5.47. The number of thiophene rings is 1. The van der Waals surface area contributed by atoms with Crippen molar-refractivity contribution in [3.8, 4) is 0 Å². The van der Waals surface area contributed by atoms with Gasteiger partial charge in [-0.1, -0.05) is 51.9 Å². The summed E-state index contributed by atoms with van der Waals surface area (Å²) in [5.41, 5.74) is 2.60. The predicted octanol–water partition coefficient (Wildman–Crippen LogP) is 5.04. The fourth-order valence-electron chi connectivity index (χ4n) is 2.17. The first-order valence-corrected chi connectivity index (χ1v) is 8.92. The first kappa shape index (κ1) is 17.9. The van der Waals surface area contributed by atoms with Crippen molar-refractivity contribution in [2.45, 2.75) is 71.6 Å². The number of unbranched alkanes of at least 4 members (excludes halogenated alkanes) is 7. The lowest BCUT2D eigenvalue weighted by Crippen LogP contribution is -2.16. The molecule has 1 heterocycles. The molecule has 1 aromatic rings. The van der Waals surface area contributed by atoms with Crippen LogP contribution in [0.15, 0.2) is 17.2 Å². The summed E-state index contributed by atoms with van der Waals surface area (Å²) in [6.45, 7) is 4.30. The number of amides is 1. The number of nitrogens with zero attached hydrogens (tertiary/aromatic N) is 1. The molecule has 0 aliphatic rings. The van der Waals surface area contributed by atoms with Crippen molar-refractivity contribution in [3.63, 3.8) is 0 Å². The van der Waals surface area contributed by atoms with E-state index in [1.807, 2.05) is 12.1 Å². The minimum absolute atomic E-state index is 0.0190. The van der Waals surface area contributed by atoms with E-state index in [9.17, 15) is 4.79 Å². The molecule has 0 saturated carbocycles. The summed E-state index contributed by atoms with van der Waals surface area (Å²) in [4.78, 5) is 13.9. The van der Waals surface area contributed by atoms with Crippen LogP contribution in [-0.2, 0) is 4.79 Å². The van der Waals surface area contributed by atoms with Gasteiger partial charge < -0.3 is 0 Å².